The molecular weight excluding hydrogens is 274 g/mol. The molecule has 106 valence electrons. The Morgan fingerprint density at radius 3 is 2.15 bits per heavy atom. The van der Waals surface area contributed by atoms with Gasteiger partial charge in [-0.3, -0.25) is 5.84 Å². The Bertz CT molecular complexity index is 640. The van der Waals surface area contributed by atoms with Gasteiger partial charge in [-0.2, -0.15) is 0 Å². The summed E-state index contributed by atoms with van der Waals surface area (Å²) in [5.74, 6) is 5.21. The molecule has 0 amide bonds. The monoisotopic (exact) mass is 291 g/mol. The van der Waals surface area contributed by atoms with Crippen LogP contribution in [0.15, 0.2) is 54.6 Å². The average Bonchev–Trinajstić information content (AvgIpc) is 2.47. The van der Waals surface area contributed by atoms with E-state index in [4.69, 9.17) is 5.84 Å². The zero-order valence-corrected chi connectivity index (χ0v) is 11.7. The van der Waals surface area contributed by atoms with Crippen molar-refractivity contribution in [3.63, 3.8) is 0 Å². The normalized spacial score (nSPS) is 11.2. The van der Waals surface area contributed by atoms with E-state index in [1.54, 1.807) is 24.3 Å². The van der Waals surface area contributed by atoms with Gasteiger partial charge in [0, 0.05) is 12.2 Å². The van der Waals surface area contributed by atoms with E-state index in [2.05, 4.69) is 10.1 Å². The third-order valence-corrected chi connectivity index (χ3v) is 4.11. The number of nitrogen functional groups attached to an aromatic ring is 1. The lowest BCUT2D eigenvalue weighted by molar-refractivity contribution is 0.580. The zero-order chi connectivity index (χ0) is 14.4. The number of hydrogen-bond donors (Lipinski definition) is 3. The molecule has 0 heterocycles. The molecule has 0 aliphatic carbocycles. The number of rotatable bonds is 6. The summed E-state index contributed by atoms with van der Waals surface area (Å²) < 4.78 is 26.5. The van der Waals surface area contributed by atoms with Gasteiger partial charge >= 0.3 is 0 Å². The molecule has 4 N–H and O–H groups in total. The van der Waals surface area contributed by atoms with Crippen molar-refractivity contribution in [1.82, 2.24) is 4.72 Å². The maximum atomic E-state index is 12.0. The van der Waals surface area contributed by atoms with Crippen LogP contribution in [0.2, 0.25) is 0 Å². The molecule has 5 nitrogen and oxygen atoms in total. The van der Waals surface area contributed by atoms with E-state index < -0.39 is 10.0 Å². The third kappa shape index (κ3) is 4.34. The molecule has 0 aliphatic heterocycles. The number of anilines is 1. The molecule has 0 saturated heterocycles. The highest BCUT2D eigenvalue weighted by atomic mass is 32.2. The van der Waals surface area contributed by atoms with Gasteiger partial charge in [0.2, 0.25) is 10.0 Å². The number of hydrogen-bond acceptors (Lipinski definition) is 4. The quantitative estimate of drug-likeness (QED) is 0.557. The first-order chi connectivity index (χ1) is 9.59. The molecule has 0 unspecified atom stereocenters. The third-order valence-electron chi connectivity index (χ3n) is 2.82. The first kappa shape index (κ1) is 14.5. The first-order valence-electron chi connectivity index (χ1n) is 6.16. The molecule has 0 aliphatic rings. The van der Waals surface area contributed by atoms with Crippen LogP contribution in [0.4, 0.5) is 5.69 Å². The molecular formula is C14H17N3O2S. The summed E-state index contributed by atoms with van der Waals surface area (Å²) in [4.78, 5) is 0. The van der Waals surface area contributed by atoms with Gasteiger partial charge in [0.25, 0.3) is 0 Å². The highest BCUT2D eigenvalue weighted by Crippen LogP contribution is 2.11. The van der Waals surface area contributed by atoms with Crippen LogP contribution in [-0.2, 0) is 22.3 Å². The van der Waals surface area contributed by atoms with Crippen LogP contribution >= 0.6 is 0 Å². The lowest BCUT2D eigenvalue weighted by Crippen LogP contribution is -2.24. The maximum absolute atomic E-state index is 12.0. The van der Waals surface area contributed by atoms with Crippen molar-refractivity contribution < 1.29 is 8.42 Å². The van der Waals surface area contributed by atoms with Crippen LogP contribution < -0.4 is 16.0 Å². The van der Waals surface area contributed by atoms with Crippen molar-refractivity contribution >= 4 is 15.7 Å². The Morgan fingerprint density at radius 2 is 1.55 bits per heavy atom. The summed E-state index contributed by atoms with van der Waals surface area (Å²) in [6, 6.07) is 16.3. The van der Waals surface area contributed by atoms with E-state index in [0.717, 1.165) is 11.3 Å². The number of hydrazine groups is 1. The molecule has 2 aromatic rings. The van der Waals surface area contributed by atoms with Crippen LogP contribution in [0.3, 0.4) is 0 Å². The molecule has 2 rings (SSSR count). The fourth-order valence-electron chi connectivity index (χ4n) is 1.76. The Labute approximate surface area is 118 Å². The van der Waals surface area contributed by atoms with Gasteiger partial charge in [-0.15, -0.1) is 0 Å². The maximum Gasteiger partial charge on any atom is 0.216 e. The van der Waals surface area contributed by atoms with Crippen molar-refractivity contribution in [3.05, 3.63) is 65.7 Å². The Morgan fingerprint density at radius 1 is 0.900 bits per heavy atom. The van der Waals surface area contributed by atoms with Crippen molar-refractivity contribution in [3.8, 4) is 0 Å². The summed E-state index contributed by atoms with van der Waals surface area (Å²) >= 11 is 0. The van der Waals surface area contributed by atoms with Gasteiger partial charge in [0.1, 0.15) is 0 Å². The van der Waals surface area contributed by atoms with Crippen molar-refractivity contribution in [2.45, 2.75) is 12.3 Å². The van der Waals surface area contributed by atoms with Gasteiger partial charge in [-0.25, -0.2) is 13.1 Å². The average molecular weight is 291 g/mol. The summed E-state index contributed by atoms with van der Waals surface area (Å²) in [7, 11) is -3.35. The van der Waals surface area contributed by atoms with Crippen LogP contribution in [0.5, 0.6) is 0 Å². The number of benzene rings is 2. The number of nitrogens with one attached hydrogen (secondary N) is 2. The molecule has 20 heavy (non-hydrogen) atoms. The van der Waals surface area contributed by atoms with Crippen LogP contribution in [0.1, 0.15) is 11.1 Å². The van der Waals surface area contributed by atoms with E-state index in [1.807, 2.05) is 30.3 Å². The van der Waals surface area contributed by atoms with Gasteiger partial charge in [-0.1, -0.05) is 42.5 Å². The summed E-state index contributed by atoms with van der Waals surface area (Å²) in [6.07, 6.45) is 0. The van der Waals surface area contributed by atoms with Crippen LogP contribution in [0.25, 0.3) is 0 Å². The summed E-state index contributed by atoms with van der Waals surface area (Å²) in [5.41, 5.74) is 4.88. The second-order valence-corrected chi connectivity index (χ2v) is 6.21. The minimum Gasteiger partial charge on any atom is -0.324 e. The van der Waals surface area contributed by atoms with E-state index in [9.17, 15) is 8.42 Å². The van der Waals surface area contributed by atoms with Crippen molar-refractivity contribution in [1.29, 1.82) is 0 Å². The van der Waals surface area contributed by atoms with E-state index >= 15 is 0 Å². The minimum atomic E-state index is -3.35. The lowest BCUT2D eigenvalue weighted by Gasteiger charge is -2.07. The molecule has 6 heteroatoms. The van der Waals surface area contributed by atoms with Crippen LogP contribution in [-0.4, -0.2) is 8.42 Å². The largest absolute Gasteiger partial charge is 0.324 e. The Balaban J connectivity index is 1.96. The topological polar surface area (TPSA) is 84.2 Å². The van der Waals surface area contributed by atoms with Gasteiger partial charge < -0.3 is 5.43 Å². The van der Waals surface area contributed by atoms with Crippen molar-refractivity contribution in [2.75, 3.05) is 5.43 Å². The first-order valence-corrected chi connectivity index (χ1v) is 7.81. The predicted molar refractivity (Wildman–Crippen MR) is 80.2 cm³/mol. The highest BCUT2D eigenvalue weighted by Gasteiger charge is 2.11. The zero-order valence-electron chi connectivity index (χ0n) is 10.9. The minimum absolute atomic E-state index is 0.0509. The Hall–Kier alpha value is -1.89. The highest BCUT2D eigenvalue weighted by molar-refractivity contribution is 7.88. The van der Waals surface area contributed by atoms with E-state index in [-0.39, 0.29) is 5.75 Å². The molecule has 0 fully saturated rings. The molecule has 0 saturated carbocycles. The Kier molecular flexibility index (Phi) is 4.73. The lowest BCUT2D eigenvalue weighted by atomic mass is 10.2. The second kappa shape index (κ2) is 6.51. The predicted octanol–water partition coefficient (Wildman–Crippen LogP) is 1.59. The van der Waals surface area contributed by atoms with Gasteiger partial charge in [-0.05, 0) is 23.3 Å². The molecule has 0 radical (unpaired) electrons. The fraction of sp³-hybridized carbons (Fsp3) is 0.143. The smallest absolute Gasteiger partial charge is 0.216 e. The van der Waals surface area contributed by atoms with Crippen LogP contribution in [0, 0.1) is 0 Å². The summed E-state index contributed by atoms with van der Waals surface area (Å²) in [5, 5.41) is 0. The standard InChI is InChI=1S/C14H17N3O2S/c15-17-14-8-6-13(7-9-14)11-20(18,19)16-10-12-4-2-1-3-5-12/h1-9,16-17H,10-11,15H2. The summed E-state index contributed by atoms with van der Waals surface area (Å²) in [6.45, 7) is 0.297. The number of nitrogens with two attached hydrogens (primary N) is 1. The molecule has 2 aromatic carbocycles. The van der Waals surface area contributed by atoms with Gasteiger partial charge in [0.05, 0.1) is 5.75 Å². The van der Waals surface area contributed by atoms with Gasteiger partial charge in [0.15, 0.2) is 0 Å². The SMILES string of the molecule is NNc1ccc(CS(=O)(=O)NCc2ccccc2)cc1. The fourth-order valence-corrected chi connectivity index (χ4v) is 2.88. The molecule has 0 bridgehead atoms. The van der Waals surface area contributed by atoms with E-state index in [1.165, 1.54) is 0 Å². The number of sulfonamides is 1. The molecule has 0 aromatic heterocycles. The van der Waals surface area contributed by atoms with E-state index in [0.29, 0.717) is 12.1 Å². The van der Waals surface area contributed by atoms with Crippen molar-refractivity contribution in [2.24, 2.45) is 5.84 Å². The second-order valence-electron chi connectivity index (χ2n) is 4.41. The molecule has 0 spiro atoms. The molecule has 0 atom stereocenters.